The van der Waals surface area contributed by atoms with Crippen LogP contribution in [0, 0.1) is 5.41 Å². The topological polar surface area (TPSA) is 101 Å². The number of anilines is 1. The van der Waals surface area contributed by atoms with Crippen molar-refractivity contribution in [1.82, 2.24) is 5.32 Å². The van der Waals surface area contributed by atoms with E-state index >= 15 is 0 Å². The quantitative estimate of drug-likeness (QED) is 0.291. The van der Waals surface area contributed by atoms with E-state index in [1.807, 2.05) is 53.4 Å². The Balaban J connectivity index is 1.53. The smallest absolute Gasteiger partial charge is 0.268 e. The standard InChI is InChI=1S/C24H32N4O3/c1-2-3-6-16-28-20-7-4-5-8-21(20)31-22(23(28)29)14-17-30-19-11-9-18(10-12-19)13-15-27-24(25)26/h4-5,7-12,22H,2-3,6,13-17H2,1H3,(H4,25,26,27). The molecule has 0 radical (unpaired) electrons. The van der Waals surface area contributed by atoms with E-state index in [9.17, 15) is 4.79 Å². The Hall–Kier alpha value is -3.22. The van der Waals surface area contributed by atoms with Crippen LogP contribution in [0.1, 0.15) is 38.2 Å². The Labute approximate surface area is 184 Å². The third-order valence-electron chi connectivity index (χ3n) is 5.25. The first-order valence-corrected chi connectivity index (χ1v) is 10.9. The number of nitrogens with one attached hydrogen (secondary N) is 2. The third-order valence-corrected chi connectivity index (χ3v) is 5.25. The van der Waals surface area contributed by atoms with Crippen LogP contribution in [0.4, 0.5) is 5.69 Å². The molecule has 2 aromatic rings. The van der Waals surface area contributed by atoms with Crippen LogP contribution in [0.5, 0.6) is 11.5 Å². The number of carbonyl (C=O) groups is 1. The molecule has 1 aliphatic heterocycles. The number of nitrogens with zero attached hydrogens (tertiary/aromatic N) is 1. The van der Waals surface area contributed by atoms with E-state index in [-0.39, 0.29) is 11.9 Å². The highest BCUT2D eigenvalue weighted by Gasteiger charge is 2.33. The number of unbranched alkanes of at least 4 members (excludes halogenated alkanes) is 2. The average molecular weight is 425 g/mol. The van der Waals surface area contributed by atoms with Crippen LogP contribution in [0.25, 0.3) is 0 Å². The van der Waals surface area contributed by atoms with Crippen molar-refractivity contribution < 1.29 is 14.3 Å². The minimum atomic E-state index is -0.534. The van der Waals surface area contributed by atoms with E-state index < -0.39 is 6.10 Å². The van der Waals surface area contributed by atoms with Crippen LogP contribution in [-0.4, -0.2) is 37.7 Å². The fourth-order valence-corrected chi connectivity index (χ4v) is 3.59. The zero-order valence-electron chi connectivity index (χ0n) is 18.1. The minimum absolute atomic E-state index is 0.00622. The van der Waals surface area contributed by atoms with E-state index in [2.05, 4.69) is 12.2 Å². The summed E-state index contributed by atoms with van der Waals surface area (Å²) < 4.78 is 11.9. The summed E-state index contributed by atoms with van der Waals surface area (Å²) in [6.45, 7) is 3.88. The van der Waals surface area contributed by atoms with Gasteiger partial charge in [0.25, 0.3) is 5.91 Å². The second-order valence-electron chi connectivity index (χ2n) is 7.64. The maximum atomic E-state index is 13.0. The number of fused-ring (bicyclic) bond motifs is 1. The number of hydrogen-bond acceptors (Lipinski definition) is 4. The maximum Gasteiger partial charge on any atom is 0.268 e. The van der Waals surface area contributed by atoms with Crippen LogP contribution in [0.15, 0.2) is 48.5 Å². The molecule has 0 fully saturated rings. The van der Waals surface area contributed by atoms with Crippen molar-refractivity contribution in [3.63, 3.8) is 0 Å². The van der Waals surface area contributed by atoms with Gasteiger partial charge in [-0.1, -0.05) is 44.0 Å². The lowest BCUT2D eigenvalue weighted by atomic mass is 10.1. The van der Waals surface area contributed by atoms with Crippen LogP contribution >= 0.6 is 0 Å². The Bertz CT molecular complexity index is 869. The summed E-state index contributed by atoms with van der Waals surface area (Å²) in [6.07, 6.45) is 3.92. The summed E-state index contributed by atoms with van der Waals surface area (Å²) in [5.74, 6) is 1.50. The van der Waals surface area contributed by atoms with E-state index in [0.29, 0.717) is 26.1 Å². The van der Waals surface area contributed by atoms with Crippen molar-refractivity contribution in [3.05, 3.63) is 54.1 Å². The van der Waals surface area contributed by atoms with Gasteiger partial charge in [-0.15, -0.1) is 0 Å². The first-order valence-electron chi connectivity index (χ1n) is 10.9. The van der Waals surface area contributed by atoms with Crippen molar-refractivity contribution in [3.8, 4) is 11.5 Å². The van der Waals surface area contributed by atoms with E-state index in [0.717, 1.165) is 48.4 Å². The molecule has 0 aromatic heterocycles. The average Bonchev–Trinajstić information content (AvgIpc) is 2.77. The molecule has 0 bridgehead atoms. The van der Waals surface area contributed by atoms with Gasteiger partial charge < -0.3 is 25.4 Å². The fraction of sp³-hybridized carbons (Fsp3) is 0.417. The predicted octanol–water partition coefficient (Wildman–Crippen LogP) is 3.47. The molecule has 0 saturated carbocycles. The number of benzene rings is 2. The Kier molecular flexibility index (Phi) is 8.15. The molecule has 0 saturated heterocycles. The zero-order chi connectivity index (χ0) is 22.1. The van der Waals surface area contributed by atoms with Gasteiger partial charge in [0.15, 0.2) is 12.1 Å². The Morgan fingerprint density at radius 3 is 2.71 bits per heavy atom. The van der Waals surface area contributed by atoms with Crippen molar-refractivity contribution >= 4 is 17.6 Å². The summed E-state index contributed by atoms with van der Waals surface area (Å²) in [6, 6.07) is 15.5. The predicted molar refractivity (Wildman–Crippen MR) is 123 cm³/mol. The van der Waals surface area contributed by atoms with Gasteiger partial charge in [-0.05, 0) is 42.7 Å². The van der Waals surface area contributed by atoms with Gasteiger partial charge in [0, 0.05) is 19.5 Å². The zero-order valence-corrected chi connectivity index (χ0v) is 18.1. The molecule has 1 atom stereocenters. The number of guanidine groups is 1. The minimum Gasteiger partial charge on any atom is -0.493 e. The molecule has 1 aliphatic rings. The molecule has 7 nitrogen and oxygen atoms in total. The molecule has 1 amide bonds. The molecule has 0 aliphatic carbocycles. The van der Waals surface area contributed by atoms with Crippen LogP contribution in [0.3, 0.4) is 0 Å². The van der Waals surface area contributed by atoms with Gasteiger partial charge >= 0.3 is 0 Å². The maximum absolute atomic E-state index is 13.0. The van der Waals surface area contributed by atoms with Gasteiger partial charge in [0.05, 0.1) is 12.3 Å². The van der Waals surface area contributed by atoms with Crippen molar-refractivity contribution in [1.29, 1.82) is 5.41 Å². The second-order valence-corrected chi connectivity index (χ2v) is 7.64. The molecule has 1 unspecified atom stereocenters. The highest BCUT2D eigenvalue weighted by atomic mass is 16.5. The summed E-state index contributed by atoms with van der Waals surface area (Å²) in [7, 11) is 0. The number of carbonyl (C=O) groups excluding carboxylic acids is 1. The lowest BCUT2D eigenvalue weighted by Gasteiger charge is -2.34. The largest absolute Gasteiger partial charge is 0.493 e. The van der Waals surface area contributed by atoms with Gasteiger partial charge in [-0.2, -0.15) is 0 Å². The van der Waals surface area contributed by atoms with Crippen molar-refractivity contribution in [2.75, 3.05) is 24.6 Å². The lowest BCUT2D eigenvalue weighted by molar-refractivity contribution is -0.126. The van der Waals surface area contributed by atoms with Gasteiger partial charge in [-0.25, -0.2) is 0 Å². The van der Waals surface area contributed by atoms with E-state index in [1.54, 1.807) is 0 Å². The van der Waals surface area contributed by atoms with Crippen molar-refractivity contribution in [2.45, 2.75) is 45.1 Å². The highest BCUT2D eigenvalue weighted by Crippen LogP contribution is 2.34. The van der Waals surface area contributed by atoms with Crippen LogP contribution in [0.2, 0.25) is 0 Å². The molecule has 3 rings (SSSR count). The second kappa shape index (κ2) is 11.2. The number of para-hydroxylation sites is 2. The molecule has 4 N–H and O–H groups in total. The summed E-state index contributed by atoms with van der Waals surface area (Å²) in [5.41, 5.74) is 7.27. The first kappa shape index (κ1) is 22.5. The Morgan fingerprint density at radius 2 is 1.97 bits per heavy atom. The number of ether oxygens (including phenoxy) is 2. The molecule has 2 aromatic carbocycles. The first-order chi connectivity index (χ1) is 15.1. The monoisotopic (exact) mass is 424 g/mol. The third kappa shape index (κ3) is 6.38. The molecule has 7 heteroatoms. The SMILES string of the molecule is CCCCCN1C(=O)C(CCOc2ccc(CCNC(=N)N)cc2)Oc2ccccc21. The Morgan fingerprint density at radius 1 is 1.19 bits per heavy atom. The highest BCUT2D eigenvalue weighted by molar-refractivity contribution is 6.00. The molecule has 1 heterocycles. The lowest BCUT2D eigenvalue weighted by Crippen LogP contribution is -2.46. The summed E-state index contributed by atoms with van der Waals surface area (Å²) in [5, 5.41) is 9.96. The summed E-state index contributed by atoms with van der Waals surface area (Å²) >= 11 is 0. The van der Waals surface area contributed by atoms with E-state index in [4.69, 9.17) is 20.6 Å². The molecule has 0 spiro atoms. The van der Waals surface area contributed by atoms with Crippen LogP contribution in [-0.2, 0) is 11.2 Å². The van der Waals surface area contributed by atoms with Gasteiger partial charge in [0.1, 0.15) is 11.5 Å². The number of nitrogens with two attached hydrogens (primary N) is 1. The normalized spacial score (nSPS) is 15.2. The van der Waals surface area contributed by atoms with Gasteiger partial charge in [-0.3, -0.25) is 10.2 Å². The molecular formula is C24H32N4O3. The fourth-order valence-electron chi connectivity index (χ4n) is 3.59. The van der Waals surface area contributed by atoms with Crippen LogP contribution < -0.4 is 25.4 Å². The molecule has 31 heavy (non-hydrogen) atoms. The number of rotatable bonds is 11. The number of amides is 1. The molecule has 166 valence electrons. The van der Waals surface area contributed by atoms with Gasteiger partial charge in [0.2, 0.25) is 0 Å². The number of hydrogen-bond donors (Lipinski definition) is 3. The summed E-state index contributed by atoms with van der Waals surface area (Å²) in [4.78, 5) is 14.9. The molecular weight excluding hydrogens is 392 g/mol. The van der Waals surface area contributed by atoms with Crippen molar-refractivity contribution in [2.24, 2.45) is 5.73 Å². The van der Waals surface area contributed by atoms with E-state index in [1.165, 1.54) is 0 Å².